The fourth-order valence-corrected chi connectivity index (χ4v) is 1.86. The third kappa shape index (κ3) is 3.59. The van der Waals surface area contributed by atoms with E-state index < -0.39 is 11.9 Å². The largest absolute Gasteiger partial charge is 0.504 e. The fraction of sp³-hybridized carbons (Fsp3) is 0.214. The van der Waals surface area contributed by atoms with Gasteiger partial charge in [-0.3, -0.25) is 10.1 Å². The van der Waals surface area contributed by atoms with Crippen LogP contribution in [0.3, 0.4) is 0 Å². The number of urea groups is 1. The molecule has 0 spiro atoms. The van der Waals surface area contributed by atoms with Crippen LogP contribution < -0.4 is 16.4 Å². The summed E-state index contributed by atoms with van der Waals surface area (Å²) in [5.74, 6) is -0.921. The molecule has 5 N–H and O–H groups in total. The predicted octanol–water partition coefficient (Wildman–Crippen LogP) is 1.49. The standard InChI is InChI=1S/C14H16N4O3/c1-8-4-2-3-5-9(8)17-14(21)18-13-11(19)7-6-10(16-13)12(15)20/h2-3,5-8,19H,4H2,1H3,(H2,15,20)(H2,16,17,18,21). The highest BCUT2D eigenvalue weighted by Gasteiger charge is 2.15. The lowest BCUT2D eigenvalue weighted by atomic mass is 9.99. The fourth-order valence-electron chi connectivity index (χ4n) is 1.86. The summed E-state index contributed by atoms with van der Waals surface area (Å²) in [7, 11) is 0. The normalized spacial score (nSPS) is 17.0. The molecule has 1 unspecified atom stereocenters. The number of hydrogen-bond donors (Lipinski definition) is 4. The number of nitrogens with one attached hydrogen (secondary N) is 2. The maximum Gasteiger partial charge on any atom is 0.324 e. The van der Waals surface area contributed by atoms with Gasteiger partial charge < -0.3 is 16.2 Å². The van der Waals surface area contributed by atoms with Gasteiger partial charge in [-0.25, -0.2) is 9.78 Å². The van der Waals surface area contributed by atoms with Gasteiger partial charge in [-0.05, 0) is 30.5 Å². The number of carbonyl (C=O) groups is 2. The summed E-state index contributed by atoms with van der Waals surface area (Å²) >= 11 is 0. The Balaban J connectivity index is 2.09. The summed E-state index contributed by atoms with van der Waals surface area (Å²) in [4.78, 5) is 26.7. The highest BCUT2D eigenvalue weighted by atomic mass is 16.3. The molecule has 7 heteroatoms. The van der Waals surface area contributed by atoms with E-state index in [0.717, 1.165) is 12.1 Å². The first-order valence-corrected chi connectivity index (χ1v) is 6.42. The lowest BCUT2D eigenvalue weighted by Crippen LogP contribution is -2.31. The van der Waals surface area contributed by atoms with Crippen LogP contribution in [0, 0.1) is 5.92 Å². The van der Waals surface area contributed by atoms with Gasteiger partial charge in [0.2, 0.25) is 0 Å². The molecule has 0 saturated heterocycles. The Morgan fingerprint density at radius 2 is 2.14 bits per heavy atom. The first kappa shape index (κ1) is 14.6. The Hall–Kier alpha value is -2.83. The third-order valence-electron chi connectivity index (χ3n) is 3.05. The minimum Gasteiger partial charge on any atom is -0.504 e. The zero-order chi connectivity index (χ0) is 15.4. The summed E-state index contributed by atoms with van der Waals surface area (Å²) in [6, 6.07) is 1.97. The monoisotopic (exact) mass is 288 g/mol. The van der Waals surface area contributed by atoms with Crippen LogP contribution in [0.2, 0.25) is 0 Å². The van der Waals surface area contributed by atoms with Crippen LogP contribution in [0.1, 0.15) is 23.8 Å². The predicted molar refractivity (Wildman–Crippen MR) is 77.6 cm³/mol. The Labute approximate surface area is 121 Å². The lowest BCUT2D eigenvalue weighted by Gasteiger charge is -2.18. The number of aromatic hydroxyl groups is 1. The molecule has 1 aliphatic rings. The molecule has 0 aromatic carbocycles. The van der Waals surface area contributed by atoms with Gasteiger partial charge in [0.05, 0.1) is 0 Å². The van der Waals surface area contributed by atoms with Crippen molar-refractivity contribution in [2.45, 2.75) is 13.3 Å². The molecular formula is C14H16N4O3. The van der Waals surface area contributed by atoms with E-state index in [-0.39, 0.29) is 23.2 Å². The molecule has 21 heavy (non-hydrogen) atoms. The van der Waals surface area contributed by atoms with Gasteiger partial charge in [-0.2, -0.15) is 0 Å². The van der Waals surface area contributed by atoms with Crippen molar-refractivity contribution in [2.24, 2.45) is 11.7 Å². The molecular weight excluding hydrogens is 272 g/mol. The van der Waals surface area contributed by atoms with Crippen LogP contribution in [-0.4, -0.2) is 22.0 Å². The van der Waals surface area contributed by atoms with E-state index >= 15 is 0 Å². The molecule has 0 saturated carbocycles. The van der Waals surface area contributed by atoms with Crippen LogP contribution in [0.5, 0.6) is 5.75 Å². The average molecular weight is 288 g/mol. The number of aromatic nitrogens is 1. The van der Waals surface area contributed by atoms with Gasteiger partial charge in [0.25, 0.3) is 5.91 Å². The number of rotatable bonds is 3. The molecule has 0 aliphatic heterocycles. The minimum absolute atomic E-state index is 0.0451. The molecule has 0 bridgehead atoms. The number of nitrogens with zero attached hydrogens (tertiary/aromatic N) is 1. The molecule has 0 fully saturated rings. The van der Waals surface area contributed by atoms with Crippen molar-refractivity contribution >= 4 is 17.8 Å². The first-order valence-electron chi connectivity index (χ1n) is 6.42. The van der Waals surface area contributed by atoms with E-state index in [9.17, 15) is 14.7 Å². The zero-order valence-corrected chi connectivity index (χ0v) is 11.5. The molecule has 1 atom stereocenters. The maximum atomic E-state index is 11.9. The molecule has 1 aliphatic carbocycles. The van der Waals surface area contributed by atoms with Crippen molar-refractivity contribution < 1.29 is 14.7 Å². The van der Waals surface area contributed by atoms with E-state index in [1.807, 2.05) is 19.1 Å². The summed E-state index contributed by atoms with van der Waals surface area (Å²) in [6.07, 6.45) is 6.52. The van der Waals surface area contributed by atoms with Crippen molar-refractivity contribution in [2.75, 3.05) is 5.32 Å². The lowest BCUT2D eigenvalue weighted by molar-refractivity contribution is 0.0995. The van der Waals surface area contributed by atoms with E-state index in [0.29, 0.717) is 0 Å². The van der Waals surface area contributed by atoms with Crippen molar-refractivity contribution in [3.63, 3.8) is 0 Å². The number of carbonyl (C=O) groups excluding carboxylic acids is 2. The van der Waals surface area contributed by atoms with E-state index in [2.05, 4.69) is 15.6 Å². The number of primary amides is 1. The van der Waals surface area contributed by atoms with Crippen molar-refractivity contribution in [3.8, 4) is 5.75 Å². The van der Waals surface area contributed by atoms with Gasteiger partial charge in [0, 0.05) is 5.70 Å². The van der Waals surface area contributed by atoms with Crippen molar-refractivity contribution in [1.29, 1.82) is 0 Å². The highest BCUT2D eigenvalue weighted by Crippen LogP contribution is 2.21. The molecule has 2 rings (SSSR count). The van der Waals surface area contributed by atoms with Gasteiger partial charge >= 0.3 is 6.03 Å². The Bertz CT molecular complexity index is 637. The summed E-state index contributed by atoms with van der Waals surface area (Å²) < 4.78 is 0. The topological polar surface area (TPSA) is 117 Å². The number of pyridine rings is 1. The van der Waals surface area contributed by atoms with Crippen LogP contribution in [0.4, 0.5) is 10.6 Å². The van der Waals surface area contributed by atoms with Crippen LogP contribution in [-0.2, 0) is 0 Å². The molecule has 110 valence electrons. The molecule has 7 nitrogen and oxygen atoms in total. The molecule has 1 aromatic heterocycles. The first-order chi connectivity index (χ1) is 9.97. The van der Waals surface area contributed by atoms with Crippen molar-refractivity contribution in [1.82, 2.24) is 10.3 Å². The second kappa shape index (κ2) is 6.08. The summed E-state index contributed by atoms with van der Waals surface area (Å²) in [5, 5.41) is 14.7. The van der Waals surface area contributed by atoms with Gasteiger partial charge in [0.15, 0.2) is 11.6 Å². The van der Waals surface area contributed by atoms with Crippen LogP contribution >= 0.6 is 0 Å². The third-order valence-corrected chi connectivity index (χ3v) is 3.05. The molecule has 0 radical (unpaired) electrons. The summed E-state index contributed by atoms with van der Waals surface area (Å²) in [5.41, 5.74) is 5.82. The van der Waals surface area contributed by atoms with E-state index in [4.69, 9.17) is 5.73 Å². The van der Waals surface area contributed by atoms with E-state index in [1.54, 1.807) is 6.08 Å². The second-order valence-corrected chi connectivity index (χ2v) is 4.69. The van der Waals surface area contributed by atoms with Gasteiger partial charge in [-0.15, -0.1) is 0 Å². The second-order valence-electron chi connectivity index (χ2n) is 4.69. The number of nitrogens with two attached hydrogens (primary N) is 1. The minimum atomic E-state index is -0.743. The Morgan fingerprint density at radius 3 is 2.81 bits per heavy atom. The molecule has 1 heterocycles. The molecule has 1 aromatic rings. The summed E-state index contributed by atoms with van der Waals surface area (Å²) in [6.45, 7) is 1.99. The number of allylic oxidation sites excluding steroid dienone is 4. The smallest absolute Gasteiger partial charge is 0.324 e. The Kier molecular flexibility index (Phi) is 4.22. The quantitative estimate of drug-likeness (QED) is 0.674. The van der Waals surface area contributed by atoms with Gasteiger partial charge in [-0.1, -0.05) is 19.1 Å². The Morgan fingerprint density at radius 1 is 1.38 bits per heavy atom. The highest BCUT2D eigenvalue weighted by molar-refractivity contribution is 5.94. The zero-order valence-electron chi connectivity index (χ0n) is 11.5. The number of hydrogen-bond acceptors (Lipinski definition) is 4. The SMILES string of the molecule is CC1CC=CC=C1NC(=O)Nc1nc(C(N)=O)ccc1O. The van der Waals surface area contributed by atoms with Crippen LogP contribution in [0.25, 0.3) is 0 Å². The average Bonchev–Trinajstić information content (AvgIpc) is 2.43. The molecule has 3 amide bonds. The number of anilines is 1. The van der Waals surface area contributed by atoms with Crippen molar-refractivity contribution in [3.05, 3.63) is 41.8 Å². The van der Waals surface area contributed by atoms with E-state index in [1.165, 1.54) is 12.1 Å². The van der Waals surface area contributed by atoms with Crippen LogP contribution in [0.15, 0.2) is 36.1 Å². The number of amides is 3. The van der Waals surface area contributed by atoms with Gasteiger partial charge in [0.1, 0.15) is 5.69 Å². The maximum absolute atomic E-state index is 11.9.